The number of para-hydroxylation sites is 1. The Morgan fingerprint density at radius 2 is 0.701 bits per heavy atom. The lowest BCUT2D eigenvalue weighted by molar-refractivity contribution is 0.592. The number of halogens is 1. The quantitative estimate of drug-likeness (QED) is 0.120. The average molecular weight is 1000 g/mol. The lowest BCUT2D eigenvalue weighted by Crippen LogP contribution is -2.24. The van der Waals surface area contributed by atoms with E-state index in [-0.39, 0.29) is 5.82 Å². The molecule has 0 spiro atoms. The summed E-state index contributed by atoms with van der Waals surface area (Å²) in [7, 11) is -3.18. The van der Waals surface area contributed by atoms with Crippen LogP contribution in [0.25, 0.3) is 131 Å². The molecule has 0 fully saturated rings. The van der Waals surface area contributed by atoms with Crippen LogP contribution in [0.3, 0.4) is 0 Å². The fraction of sp³-hybridized carbons (Fsp3) is 0. The molecule has 0 aliphatic heterocycles. The minimum atomic E-state index is -3.18. The van der Waals surface area contributed by atoms with Gasteiger partial charge in [-0.05, 0) is 138 Å². The van der Waals surface area contributed by atoms with Gasteiger partial charge in [0.15, 0.2) is 7.14 Å². The van der Waals surface area contributed by atoms with E-state index in [4.69, 9.17) is 0 Å². The Morgan fingerprint density at radius 3 is 1.31 bits per heavy atom. The van der Waals surface area contributed by atoms with E-state index in [9.17, 15) is 4.39 Å². The SMILES string of the molecule is O=P(c1ccccc1)(c1ccccc1)c1ccc(-n2c3ccccc3c3c4ccccc4c4c5ccc(-c6ccc7c(c6)c6c8ccccc8c8c9ccccc9ccc8c6n7-c6ccc(F)cc6)cc5ccc4c32)cc1. The average Bonchev–Trinajstić information content (AvgIpc) is 4.25. The molecule has 14 aromatic carbocycles. The zero-order valence-corrected chi connectivity index (χ0v) is 42.4. The van der Waals surface area contributed by atoms with E-state index in [0.717, 1.165) is 76.6 Å². The Balaban J connectivity index is 0.909. The molecule has 0 radical (unpaired) electrons. The number of rotatable bonds is 6. The van der Waals surface area contributed by atoms with Gasteiger partial charge in [0.1, 0.15) is 5.82 Å². The number of fused-ring (bicyclic) bond motifs is 20. The second-order valence-corrected chi connectivity index (χ2v) is 23.1. The molecule has 0 aliphatic carbocycles. The van der Waals surface area contributed by atoms with Gasteiger partial charge < -0.3 is 13.7 Å². The molecule has 360 valence electrons. The molecule has 5 heteroatoms. The van der Waals surface area contributed by atoms with Crippen molar-refractivity contribution >= 4 is 131 Å². The van der Waals surface area contributed by atoms with E-state index < -0.39 is 7.14 Å². The van der Waals surface area contributed by atoms with Crippen molar-refractivity contribution in [3.8, 4) is 22.5 Å². The molecule has 0 atom stereocenters. The molecule has 77 heavy (non-hydrogen) atoms. The van der Waals surface area contributed by atoms with Crippen LogP contribution in [-0.4, -0.2) is 9.13 Å². The highest BCUT2D eigenvalue weighted by molar-refractivity contribution is 7.85. The molecule has 16 aromatic rings. The summed E-state index contributed by atoms with van der Waals surface area (Å²) >= 11 is 0. The number of aromatic nitrogens is 2. The summed E-state index contributed by atoms with van der Waals surface area (Å²) in [5.41, 5.74) is 8.59. The summed E-state index contributed by atoms with van der Waals surface area (Å²) in [5, 5.41) is 21.4. The van der Waals surface area contributed by atoms with Crippen LogP contribution in [0.4, 0.5) is 4.39 Å². The third-order valence-corrected chi connectivity index (χ3v) is 19.4. The highest BCUT2D eigenvalue weighted by Crippen LogP contribution is 2.48. The Kier molecular flexibility index (Phi) is 9.49. The Bertz CT molecular complexity index is 5130. The zero-order chi connectivity index (χ0) is 50.9. The largest absolute Gasteiger partial charge is 0.309 e. The summed E-state index contributed by atoms with van der Waals surface area (Å²) in [5.74, 6) is -0.260. The van der Waals surface area contributed by atoms with E-state index in [1.165, 1.54) is 70.0 Å². The molecule has 0 amide bonds. The maximum atomic E-state index is 15.5. The van der Waals surface area contributed by atoms with Crippen molar-refractivity contribution in [1.82, 2.24) is 9.13 Å². The molecule has 3 nitrogen and oxygen atoms in total. The van der Waals surface area contributed by atoms with Crippen molar-refractivity contribution in [2.24, 2.45) is 0 Å². The van der Waals surface area contributed by atoms with Crippen molar-refractivity contribution in [1.29, 1.82) is 0 Å². The van der Waals surface area contributed by atoms with Gasteiger partial charge in [0.25, 0.3) is 0 Å². The third-order valence-electron chi connectivity index (χ3n) is 16.4. The zero-order valence-electron chi connectivity index (χ0n) is 41.5. The number of benzene rings is 14. The fourth-order valence-corrected chi connectivity index (χ4v) is 15.7. The van der Waals surface area contributed by atoms with Gasteiger partial charge in [0, 0.05) is 59.6 Å². The van der Waals surface area contributed by atoms with Crippen LogP contribution in [0, 0.1) is 5.82 Å². The van der Waals surface area contributed by atoms with Crippen LogP contribution < -0.4 is 15.9 Å². The van der Waals surface area contributed by atoms with Crippen LogP contribution in [0.1, 0.15) is 0 Å². The highest BCUT2D eigenvalue weighted by Gasteiger charge is 2.30. The van der Waals surface area contributed by atoms with Crippen molar-refractivity contribution < 1.29 is 8.96 Å². The van der Waals surface area contributed by atoms with Crippen LogP contribution in [0.2, 0.25) is 0 Å². The molecular weight excluding hydrogens is 959 g/mol. The Hall–Kier alpha value is -9.60. The second kappa shape index (κ2) is 16.7. The van der Waals surface area contributed by atoms with Crippen molar-refractivity contribution in [2.45, 2.75) is 0 Å². The van der Waals surface area contributed by atoms with E-state index in [2.05, 4.69) is 191 Å². The smallest absolute Gasteiger partial charge is 0.171 e. The first-order valence-corrected chi connectivity index (χ1v) is 27.9. The van der Waals surface area contributed by atoms with Crippen LogP contribution >= 0.6 is 7.14 Å². The van der Waals surface area contributed by atoms with E-state index in [1.54, 1.807) is 12.1 Å². The minimum absolute atomic E-state index is 0.260. The summed E-state index contributed by atoms with van der Waals surface area (Å²) in [6.07, 6.45) is 0. The molecule has 0 aliphatic rings. The van der Waals surface area contributed by atoms with Gasteiger partial charge in [0.05, 0.1) is 22.1 Å². The normalized spacial score (nSPS) is 12.3. The summed E-state index contributed by atoms with van der Waals surface area (Å²) in [6, 6.07) is 93.0. The molecule has 0 bridgehead atoms. The Morgan fingerprint density at radius 1 is 0.286 bits per heavy atom. The first-order valence-electron chi connectivity index (χ1n) is 26.2. The van der Waals surface area contributed by atoms with E-state index >= 15 is 4.57 Å². The first-order chi connectivity index (χ1) is 38.0. The van der Waals surface area contributed by atoms with Crippen LogP contribution in [0.15, 0.2) is 267 Å². The van der Waals surface area contributed by atoms with Gasteiger partial charge in [-0.15, -0.1) is 0 Å². The molecule has 0 saturated heterocycles. The van der Waals surface area contributed by atoms with E-state index in [1.807, 2.05) is 72.8 Å². The fourth-order valence-electron chi connectivity index (χ4n) is 13.0. The van der Waals surface area contributed by atoms with Crippen molar-refractivity contribution in [3.63, 3.8) is 0 Å². The van der Waals surface area contributed by atoms with Gasteiger partial charge in [-0.3, -0.25) is 0 Å². The van der Waals surface area contributed by atoms with Gasteiger partial charge >= 0.3 is 0 Å². The molecule has 0 saturated carbocycles. The van der Waals surface area contributed by atoms with Gasteiger partial charge in [-0.25, -0.2) is 4.39 Å². The van der Waals surface area contributed by atoms with Crippen LogP contribution in [-0.2, 0) is 4.57 Å². The second-order valence-electron chi connectivity index (χ2n) is 20.4. The lowest BCUT2D eigenvalue weighted by atomic mass is 9.91. The van der Waals surface area contributed by atoms with Gasteiger partial charge in [0.2, 0.25) is 0 Å². The topological polar surface area (TPSA) is 26.9 Å². The molecule has 16 rings (SSSR count). The molecule has 0 unspecified atom stereocenters. The molecule has 2 heterocycles. The number of nitrogens with zero attached hydrogens (tertiary/aromatic N) is 2. The van der Waals surface area contributed by atoms with Crippen molar-refractivity contribution in [3.05, 3.63) is 273 Å². The van der Waals surface area contributed by atoms with Crippen LogP contribution in [0.5, 0.6) is 0 Å². The highest BCUT2D eigenvalue weighted by atomic mass is 31.2. The molecular formula is C72H44FN2OP. The van der Waals surface area contributed by atoms with Gasteiger partial charge in [-0.1, -0.05) is 194 Å². The van der Waals surface area contributed by atoms with Gasteiger partial charge in [-0.2, -0.15) is 0 Å². The lowest BCUT2D eigenvalue weighted by Gasteiger charge is -2.20. The minimum Gasteiger partial charge on any atom is -0.309 e. The molecule has 2 aromatic heterocycles. The summed E-state index contributed by atoms with van der Waals surface area (Å²) in [4.78, 5) is 0. The predicted molar refractivity (Wildman–Crippen MR) is 325 cm³/mol. The molecule has 0 N–H and O–H groups in total. The number of hydrogen-bond donors (Lipinski definition) is 0. The van der Waals surface area contributed by atoms with Crippen molar-refractivity contribution in [2.75, 3.05) is 0 Å². The first kappa shape index (κ1) is 43.8. The predicted octanol–water partition coefficient (Wildman–Crippen LogP) is 18.2. The summed E-state index contributed by atoms with van der Waals surface area (Å²) < 4.78 is 34.8. The Labute approximate surface area is 442 Å². The standard InChI is InChI=1S/C72H44FN2OP/c73-49-31-33-50(34-32-49)75-66-42-30-47(44-64(66)70-60-24-12-10-22-58(60)67-55-20-8-7-15-45(55)27-40-62(67)72(70)75)46-28-39-56-48(43-46)29-41-63-68(56)57-21-9-11-23-59(57)69-61-25-13-14-26-65(61)74(71(63)69)51-35-37-54(38-36-51)77(76,52-16-3-1-4-17-52)53-18-5-2-6-19-53/h1-44H. The maximum Gasteiger partial charge on any atom is 0.171 e. The van der Waals surface area contributed by atoms with E-state index in [0.29, 0.717) is 0 Å². The summed E-state index contributed by atoms with van der Waals surface area (Å²) in [6.45, 7) is 0. The third kappa shape index (κ3) is 6.34. The number of hydrogen-bond acceptors (Lipinski definition) is 1. The monoisotopic (exact) mass is 1000 g/mol. The maximum absolute atomic E-state index is 15.5.